The molecule has 0 radical (unpaired) electrons. The number of likely N-dealkylation sites (tertiary alicyclic amines) is 1. The zero-order chi connectivity index (χ0) is 17.6. The van der Waals surface area contributed by atoms with Gasteiger partial charge >= 0.3 is 0 Å². The summed E-state index contributed by atoms with van der Waals surface area (Å²) in [6, 6.07) is 8.37. The third kappa shape index (κ3) is 2.56. The average Bonchev–Trinajstić information content (AvgIpc) is 3.29. The standard InChI is InChI=1S/C18H21N5O2/c1-12-19-15-6-4-5-7-16(15)23(12)13-8-9-22(10-13)18(24)14-11-21(2)20-17(14)25-3/h4-7,11,13H,8-10H2,1-3H3. The Morgan fingerprint density at radius 3 is 2.92 bits per heavy atom. The lowest BCUT2D eigenvalue weighted by molar-refractivity contribution is 0.0784. The van der Waals surface area contributed by atoms with Crippen LogP contribution in [0.5, 0.6) is 5.88 Å². The van der Waals surface area contributed by atoms with Gasteiger partial charge in [-0.25, -0.2) is 4.98 Å². The number of benzene rings is 1. The molecule has 3 heterocycles. The molecule has 130 valence electrons. The highest BCUT2D eigenvalue weighted by atomic mass is 16.5. The van der Waals surface area contributed by atoms with Gasteiger partial charge in [0.15, 0.2) is 0 Å². The molecule has 0 saturated carbocycles. The van der Waals surface area contributed by atoms with Gasteiger partial charge in [0, 0.05) is 26.3 Å². The van der Waals surface area contributed by atoms with E-state index >= 15 is 0 Å². The van der Waals surface area contributed by atoms with Crippen molar-refractivity contribution in [1.82, 2.24) is 24.2 Å². The van der Waals surface area contributed by atoms with Crippen molar-refractivity contribution in [3.8, 4) is 5.88 Å². The third-order valence-electron chi connectivity index (χ3n) is 4.81. The summed E-state index contributed by atoms with van der Waals surface area (Å²) in [5, 5.41) is 4.18. The smallest absolute Gasteiger partial charge is 0.261 e. The number of amides is 1. The summed E-state index contributed by atoms with van der Waals surface area (Å²) in [5.41, 5.74) is 2.63. The van der Waals surface area contributed by atoms with Crippen LogP contribution in [0.4, 0.5) is 0 Å². The second-order valence-corrected chi connectivity index (χ2v) is 6.44. The molecule has 0 spiro atoms. The molecular formula is C18H21N5O2. The number of nitrogens with zero attached hydrogens (tertiary/aromatic N) is 5. The van der Waals surface area contributed by atoms with E-state index in [2.05, 4.69) is 20.7 Å². The number of imidazole rings is 1. The minimum Gasteiger partial charge on any atom is -0.479 e. The van der Waals surface area contributed by atoms with Gasteiger partial charge in [0.1, 0.15) is 11.4 Å². The monoisotopic (exact) mass is 339 g/mol. The second kappa shape index (κ2) is 5.91. The maximum atomic E-state index is 12.9. The quantitative estimate of drug-likeness (QED) is 0.734. The molecule has 7 nitrogen and oxygen atoms in total. The van der Waals surface area contributed by atoms with Gasteiger partial charge in [0.2, 0.25) is 5.88 Å². The highest BCUT2D eigenvalue weighted by Gasteiger charge is 2.31. The van der Waals surface area contributed by atoms with Crippen molar-refractivity contribution in [2.75, 3.05) is 20.2 Å². The lowest BCUT2D eigenvalue weighted by Crippen LogP contribution is -2.29. The molecule has 1 amide bonds. The van der Waals surface area contributed by atoms with Crippen LogP contribution >= 0.6 is 0 Å². The summed E-state index contributed by atoms with van der Waals surface area (Å²) in [6.07, 6.45) is 2.63. The number of carbonyl (C=O) groups excluding carboxylic acids is 1. The van der Waals surface area contributed by atoms with E-state index < -0.39 is 0 Å². The van der Waals surface area contributed by atoms with Crippen LogP contribution in [0.1, 0.15) is 28.6 Å². The first-order valence-electron chi connectivity index (χ1n) is 8.39. The summed E-state index contributed by atoms with van der Waals surface area (Å²) >= 11 is 0. The lowest BCUT2D eigenvalue weighted by atomic mass is 10.2. The van der Waals surface area contributed by atoms with Gasteiger partial charge in [0.25, 0.3) is 5.91 Å². The fraction of sp³-hybridized carbons (Fsp3) is 0.389. The number of rotatable bonds is 3. The number of ether oxygens (including phenoxy) is 1. The number of fused-ring (bicyclic) bond motifs is 1. The first kappa shape index (κ1) is 15.7. The van der Waals surface area contributed by atoms with Gasteiger partial charge in [-0.15, -0.1) is 5.10 Å². The van der Waals surface area contributed by atoms with Crippen LogP contribution in [-0.4, -0.2) is 50.3 Å². The summed E-state index contributed by atoms with van der Waals surface area (Å²) in [7, 11) is 3.32. The van der Waals surface area contributed by atoms with E-state index in [1.54, 1.807) is 17.9 Å². The highest BCUT2D eigenvalue weighted by molar-refractivity contribution is 5.96. The Balaban J connectivity index is 1.60. The number of carbonyl (C=O) groups is 1. The maximum absolute atomic E-state index is 12.9. The van der Waals surface area contributed by atoms with Crippen LogP contribution in [0.15, 0.2) is 30.5 Å². The second-order valence-electron chi connectivity index (χ2n) is 6.44. The van der Waals surface area contributed by atoms with Gasteiger partial charge in [-0.2, -0.15) is 0 Å². The van der Waals surface area contributed by atoms with Crippen LogP contribution in [0, 0.1) is 6.92 Å². The number of aryl methyl sites for hydroxylation is 2. The van der Waals surface area contributed by atoms with Crippen LogP contribution < -0.4 is 4.74 Å². The zero-order valence-corrected chi connectivity index (χ0v) is 14.6. The van der Waals surface area contributed by atoms with Crippen molar-refractivity contribution in [1.29, 1.82) is 0 Å². The van der Waals surface area contributed by atoms with Crippen LogP contribution in [0.25, 0.3) is 11.0 Å². The highest BCUT2D eigenvalue weighted by Crippen LogP contribution is 2.29. The lowest BCUT2D eigenvalue weighted by Gasteiger charge is -2.18. The van der Waals surface area contributed by atoms with Crippen molar-refractivity contribution >= 4 is 16.9 Å². The normalized spacial score (nSPS) is 17.4. The van der Waals surface area contributed by atoms with Crippen molar-refractivity contribution in [3.05, 3.63) is 41.9 Å². The molecule has 2 aromatic heterocycles. The van der Waals surface area contributed by atoms with Crippen molar-refractivity contribution in [2.45, 2.75) is 19.4 Å². The van der Waals surface area contributed by atoms with E-state index in [0.29, 0.717) is 24.5 Å². The van der Waals surface area contributed by atoms with Gasteiger partial charge < -0.3 is 14.2 Å². The topological polar surface area (TPSA) is 65.2 Å². The molecule has 1 aromatic carbocycles. The van der Waals surface area contributed by atoms with Crippen molar-refractivity contribution < 1.29 is 9.53 Å². The summed E-state index contributed by atoms with van der Waals surface area (Å²) in [6.45, 7) is 3.40. The van der Waals surface area contributed by atoms with Gasteiger partial charge in [-0.05, 0) is 25.5 Å². The predicted molar refractivity (Wildman–Crippen MR) is 93.8 cm³/mol. The summed E-state index contributed by atoms with van der Waals surface area (Å²) in [4.78, 5) is 19.4. The first-order chi connectivity index (χ1) is 12.1. The van der Waals surface area contributed by atoms with E-state index in [-0.39, 0.29) is 11.9 Å². The molecule has 7 heteroatoms. The molecular weight excluding hydrogens is 318 g/mol. The van der Waals surface area contributed by atoms with E-state index in [4.69, 9.17) is 4.74 Å². The first-order valence-corrected chi connectivity index (χ1v) is 8.39. The van der Waals surface area contributed by atoms with Gasteiger partial charge in [-0.1, -0.05) is 12.1 Å². The maximum Gasteiger partial charge on any atom is 0.261 e. The molecule has 0 bridgehead atoms. The fourth-order valence-electron chi connectivity index (χ4n) is 3.70. The Morgan fingerprint density at radius 2 is 2.12 bits per heavy atom. The van der Waals surface area contributed by atoms with Gasteiger partial charge in [-0.3, -0.25) is 9.48 Å². The SMILES string of the molecule is COc1nn(C)cc1C(=O)N1CCC(n2c(C)nc3ccccc32)C1. The summed E-state index contributed by atoms with van der Waals surface area (Å²) in [5.74, 6) is 1.33. The Bertz CT molecular complexity index is 942. The van der Waals surface area contributed by atoms with Crippen molar-refractivity contribution in [2.24, 2.45) is 7.05 Å². The molecule has 1 aliphatic rings. The minimum atomic E-state index is -0.0328. The number of aromatic nitrogens is 4. The largest absolute Gasteiger partial charge is 0.479 e. The molecule has 1 aliphatic heterocycles. The average molecular weight is 339 g/mol. The molecule has 1 fully saturated rings. The number of hydrogen-bond donors (Lipinski definition) is 0. The molecule has 0 aliphatic carbocycles. The van der Waals surface area contributed by atoms with E-state index in [1.807, 2.05) is 30.0 Å². The Hall–Kier alpha value is -2.83. The Morgan fingerprint density at radius 1 is 1.32 bits per heavy atom. The fourth-order valence-corrected chi connectivity index (χ4v) is 3.70. The van der Waals surface area contributed by atoms with E-state index in [9.17, 15) is 4.79 Å². The Labute approximate surface area is 145 Å². The van der Waals surface area contributed by atoms with Crippen LogP contribution in [-0.2, 0) is 7.05 Å². The van der Waals surface area contributed by atoms with E-state index in [0.717, 1.165) is 23.3 Å². The summed E-state index contributed by atoms with van der Waals surface area (Å²) < 4.78 is 9.09. The van der Waals surface area contributed by atoms with Gasteiger partial charge in [0.05, 0.1) is 24.2 Å². The number of hydrogen-bond acceptors (Lipinski definition) is 4. The molecule has 0 N–H and O–H groups in total. The molecule has 4 rings (SSSR count). The molecule has 1 saturated heterocycles. The van der Waals surface area contributed by atoms with Crippen LogP contribution in [0.2, 0.25) is 0 Å². The van der Waals surface area contributed by atoms with Crippen LogP contribution in [0.3, 0.4) is 0 Å². The number of para-hydroxylation sites is 2. The molecule has 25 heavy (non-hydrogen) atoms. The van der Waals surface area contributed by atoms with Crippen molar-refractivity contribution in [3.63, 3.8) is 0 Å². The van der Waals surface area contributed by atoms with E-state index in [1.165, 1.54) is 7.11 Å². The molecule has 1 unspecified atom stereocenters. The Kier molecular flexibility index (Phi) is 3.71. The number of methoxy groups -OCH3 is 1. The predicted octanol–water partition coefficient (Wildman–Crippen LogP) is 2.17. The molecule has 1 atom stereocenters. The minimum absolute atomic E-state index is 0.0328. The molecule has 3 aromatic rings. The zero-order valence-electron chi connectivity index (χ0n) is 14.6. The third-order valence-corrected chi connectivity index (χ3v) is 4.81.